The Balaban J connectivity index is 1.84. The average Bonchev–Trinajstić information content (AvgIpc) is 2.77. The zero-order valence-electron chi connectivity index (χ0n) is 9.97. The van der Waals surface area contributed by atoms with Crippen LogP contribution >= 0.6 is 0 Å². The number of methoxy groups -OCH3 is 1. The van der Waals surface area contributed by atoms with Crippen LogP contribution in [-0.2, 0) is 19.3 Å². The molecule has 0 aromatic carbocycles. The van der Waals surface area contributed by atoms with Gasteiger partial charge >= 0.3 is 5.97 Å². The lowest BCUT2D eigenvalue weighted by atomic mass is 10.1. The lowest BCUT2D eigenvalue weighted by molar-refractivity contribution is -0.379. The Morgan fingerprint density at radius 3 is 2.76 bits per heavy atom. The van der Waals surface area contributed by atoms with Crippen molar-refractivity contribution in [3.63, 3.8) is 0 Å². The summed E-state index contributed by atoms with van der Waals surface area (Å²) in [6, 6.07) is 3.77. The maximum absolute atomic E-state index is 11.1. The zero-order valence-corrected chi connectivity index (χ0v) is 9.97. The lowest BCUT2D eigenvalue weighted by Crippen LogP contribution is -2.25. The Kier molecular flexibility index (Phi) is 3.81. The minimum Gasteiger partial charge on any atom is -0.469 e. The SMILES string of the molecule is COC(=O)C[C@H]1CC[C@H](c2ccc(C)o2)OO1. The maximum atomic E-state index is 11.1. The smallest absolute Gasteiger partial charge is 0.308 e. The van der Waals surface area contributed by atoms with Gasteiger partial charge in [-0.2, -0.15) is 0 Å². The first kappa shape index (κ1) is 12.1. The highest BCUT2D eigenvalue weighted by Gasteiger charge is 2.28. The normalized spacial score (nSPS) is 24.6. The van der Waals surface area contributed by atoms with Gasteiger partial charge in [0.1, 0.15) is 17.6 Å². The van der Waals surface area contributed by atoms with Gasteiger partial charge in [0.2, 0.25) is 0 Å². The van der Waals surface area contributed by atoms with Crippen LogP contribution < -0.4 is 0 Å². The number of hydrogen-bond donors (Lipinski definition) is 0. The molecule has 1 saturated heterocycles. The van der Waals surface area contributed by atoms with Crippen LogP contribution in [0.2, 0.25) is 0 Å². The van der Waals surface area contributed by atoms with E-state index in [1.807, 2.05) is 19.1 Å². The number of furan rings is 1. The molecule has 1 aromatic heterocycles. The summed E-state index contributed by atoms with van der Waals surface area (Å²) in [6.45, 7) is 1.88. The average molecular weight is 240 g/mol. The molecular weight excluding hydrogens is 224 g/mol. The van der Waals surface area contributed by atoms with E-state index in [1.54, 1.807) is 0 Å². The second kappa shape index (κ2) is 5.33. The minimum absolute atomic E-state index is 0.183. The fraction of sp³-hybridized carbons (Fsp3) is 0.583. The second-order valence-electron chi connectivity index (χ2n) is 4.11. The van der Waals surface area contributed by atoms with Crippen molar-refractivity contribution < 1.29 is 23.7 Å². The van der Waals surface area contributed by atoms with Gasteiger partial charge in [0.25, 0.3) is 0 Å². The number of carbonyl (C=O) groups excluding carboxylic acids is 1. The van der Waals surface area contributed by atoms with Crippen molar-refractivity contribution >= 4 is 5.97 Å². The first-order valence-corrected chi connectivity index (χ1v) is 5.64. The van der Waals surface area contributed by atoms with E-state index in [2.05, 4.69) is 4.74 Å². The van der Waals surface area contributed by atoms with Crippen molar-refractivity contribution in [2.75, 3.05) is 7.11 Å². The van der Waals surface area contributed by atoms with Crippen molar-refractivity contribution in [3.05, 3.63) is 23.7 Å². The summed E-state index contributed by atoms with van der Waals surface area (Å²) in [5.74, 6) is 1.32. The molecule has 0 unspecified atom stereocenters. The molecule has 0 radical (unpaired) electrons. The summed E-state index contributed by atoms with van der Waals surface area (Å²) >= 11 is 0. The summed E-state index contributed by atoms with van der Waals surface area (Å²) in [6.07, 6.45) is 1.33. The molecule has 0 saturated carbocycles. The van der Waals surface area contributed by atoms with Gasteiger partial charge in [-0.1, -0.05) is 0 Å². The molecular formula is C12H16O5. The van der Waals surface area contributed by atoms with Crippen LogP contribution in [0.1, 0.15) is 36.9 Å². The summed E-state index contributed by atoms with van der Waals surface area (Å²) in [5.41, 5.74) is 0. The number of carbonyl (C=O) groups is 1. The molecule has 2 heterocycles. The van der Waals surface area contributed by atoms with E-state index in [1.165, 1.54) is 7.11 Å². The quantitative estimate of drug-likeness (QED) is 0.599. The first-order chi connectivity index (χ1) is 8.19. The highest BCUT2D eigenvalue weighted by atomic mass is 17.2. The van der Waals surface area contributed by atoms with Crippen molar-refractivity contribution in [1.82, 2.24) is 0 Å². The van der Waals surface area contributed by atoms with Crippen molar-refractivity contribution in [2.45, 2.75) is 38.4 Å². The molecule has 0 bridgehead atoms. The molecule has 1 aliphatic heterocycles. The van der Waals surface area contributed by atoms with Crippen LogP contribution in [-0.4, -0.2) is 19.2 Å². The summed E-state index contributed by atoms with van der Waals surface area (Å²) in [5, 5.41) is 0. The zero-order chi connectivity index (χ0) is 12.3. The van der Waals surface area contributed by atoms with Crippen LogP contribution in [0.4, 0.5) is 0 Å². The highest BCUT2D eigenvalue weighted by Crippen LogP contribution is 2.31. The van der Waals surface area contributed by atoms with Crippen molar-refractivity contribution in [2.24, 2.45) is 0 Å². The van der Waals surface area contributed by atoms with E-state index in [0.717, 1.165) is 24.4 Å². The van der Waals surface area contributed by atoms with Gasteiger partial charge in [-0.3, -0.25) is 4.79 Å². The molecule has 0 N–H and O–H groups in total. The van der Waals surface area contributed by atoms with Gasteiger partial charge in [0, 0.05) is 0 Å². The number of hydrogen-bond acceptors (Lipinski definition) is 5. The fourth-order valence-corrected chi connectivity index (χ4v) is 1.80. The molecule has 17 heavy (non-hydrogen) atoms. The predicted molar refractivity (Wildman–Crippen MR) is 58.0 cm³/mol. The third-order valence-electron chi connectivity index (χ3n) is 2.76. The Morgan fingerprint density at radius 2 is 2.24 bits per heavy atom. The molecule has 1 aliphatic rings. The largest absolute Gasteiger partial charge is 0.469 e. The molecule has 0 amide bonds. The van der Waals surface area contributed by atoms with E-state index >= 15 is 0 Å². The molecule has 0 aliphatic carbocycles. The third kappa shape index (κ3) is 3.08. The second-order valence-corrected chi connectivity index (χ2v) is 4.11. The number of ether oxygens (including phenoxy) is 1. The molecule has 94 valence electrons. The first-order valence-electron chi connectivity index (χ1n) is 5.64. The van der Waals surface area contributed by atoms with Crippen LogP contribution in [0.15, 0.2) is 16.5 Å². The molecule has 2 atom stereocenters. The van der Waals surface area contributed by atoms with E-state index in [9.17, 15) is 4.79 Å². The topological polar surface area (TPSA) is 57.9 Å². The number of aryl methyl sites for hydroxylation is 1. The summed E-state index contributed by atoms with van der Waals surface area (Å²) in [4.78, 5) is 21.5. The monoisotopic (exact) mass is 240 g/mol. The van der Waals surface area contributed by atoms with Gasteiger partial charge in [-0.25, -0.2) is 9.78 Å². The molecule has 1 aromatic rings. The van der Waals surface area contributed by atoms with Crippen LogP contribution in [0.5, 0.6) is 0 Å². The third-order valence-corrected chi connectivity index (χ3v) is 2.76. The number of rotatable bonds is 3. The van der Waals surface area contributed by atoms with Crippen molar-refractivity contribution in [3.8, 4) is 0 Å². The predicted octanol–water partition coefficient (Wildman–Crippen LogP) is 2.30. The number of esters is 1. The Morgan fingerprint density at radius 1 is 1.41 bits per heavy atom. The molecule has 0 spiro atoms. The Hall–Kier alpha value is -1.33. The Labute approximate surface area is 99.6 Å². The van der Waals surface area contributed by atoms with Crippen LogP contribution in [0, 0.1) is 6.92 Å². The van der Waals surface area contributed by atoms with Gasteiger partial charge in [-0.15, -0.1) is 0 Å². The molecule has 5 nitrogen and oxygen atoms in total. The van der Waals surface area contributed by atoms with Crippen LogP contribution in [0.25, 0.3) is 0 Å². The molecule has 2 rings (SSSR count). The van der Waals surface area contributed by atoms with Crippen molar-refractivity contribution in [1.29, 1.82) is 0 Å². The van der Waals surface area contributed by atoms with Gasteiger partial charge in [-0.05, 0) is 31.9 Å². The van der Waals surface area contributed by atoms with Gasteiger partial charge in [0.15, 0.2) is 6.10 Å². The van der Waals surface area contributed by atoms with E-state index in [4.69, 9.17) is 14.2 Å². The van der Waals surface area contributed by atoms with E-state index in [0.29, 0.717) is 0 Å². The standard InChI is InChI=1S/C12H16O5/c1-8-3-5-10(15-8)11-6-4-9(16-17-11)7-12(13)14-2/h3,5,9,11H,4,6-7H2,1-2H3/t9-,11-/m1/s1. The van der Waals surface area contributed by atoms with E-state index in [-0.39, 0.29) is 24.6 Å². The van der Waals surface area contributed by atoms with Gasteiger partial charge < -0.3 is 9.15 Å². The minimum atomic E-state index is -0.286. The fourth-order valence-electron chi connectivity index (χ4n) is 1.80. The van der Waals surface area contributed by atoms with Crippen LogP contribution in [0.3, 0.4) is 0 Å². The maximum Gasteiger partial charge on any atom is 0.308 e. The Bertz CT molecular complexity index is 376. The molecule has 1 fully saturated rings. The van der Waals surface area contributed by atoms with E-state index < -0.39 is 0 Å². The van der Waals surface area contributed by atoms with Gasteiger partial charge in [0.05, 0.1) is 13.5 Å². The summed E-state index contributed by atoms with van der Waals surface area (Å²) in [7, 11) is 1.36. The lowest BCUT2D eigenvalue weighted by Gasteiger charge is -2.25. The summed E-state index contributed by atoms with van der Waals surface area (Å²) < 4.78 is 10.0. The highest BCUT2D eigenvalue weighted by molar-refractivity contribution is 5.69. The molecule has 5 heteroatoms.